The van der Waals surface area contributed by atoms with Crippen LogP contribution in [0.25, 0.3) is 0 Å². The molecule has 0 radical (unpaired) electrons. The highest BCUT2D eigenvalue weighted by molar-refractivity contribution is 5.76. The van der Waals surface area contributed by atoms with Crippen molar-refractivity contribution in [2.45, 2.75) is 25.7 Å². The Labute approximate surface area is 77.3 Å². The van der Waals surface area contributed by atoms with E-state index in [-0.39, 0.29) is 11.8 Å². The van der Waals surface area contributed by atoms with Gasteiger partial charge in [-0.15, -0.1) is 0 Å². The van der Waals surface area contributed by atoms with Gasteiger partial charge in [0.1, 0.15) is 6.61 Å². The van der Waals surface area contributed by atoms with Crippen LogP contribution in [0.15, 0.2) is 0 Å². The van der Waals surface area contributed by atoms with Crippen LogP contribution in [-0.2, 0) is 9.59 Å². The molecule has 0 aromatic heterocycles. The van der Waals surface area contributed by atoms with E-state index in [1.807, 2.05) is 0 Å². The number of primary amides is 1. The van der Waals surface area contributed by atoms with E-state index in [1.54, 1.807) is 0 Å². The van der Waals surface area contributed by atoms with Crippen molar-refractivity contribution < 1.29 is 14.7 Å². The Balaban J connectivity index is 3.08. The van der Waals surface area contributed by atoms with Crippen molar-refractivity contribution in [3.8, 4) is 0 Å². The summed E-state index contributed by atoms with van der Waals surface area (Å²) in [6.45, 7) is 0.0689. The highest BCUT2D eigenvalue weighted by Gasteiger charge is 1.97. The lowest BCUT2D eigenvalue weighted by Gasteiger charge is -2.01. The van der Waals surface area contributed by atoms with Gasteiger partial charge in [0.25, 0.3) is 0 Å². The first kappa shape index (κ1) is 11.9. The van der Waals surface area contributed by atoms with Crippen LogP contribution in [0.3, 0.4) is 0 Å². The number of hydrogen-bond acceptors (Lipinski definition) is 3. The largest absolute Gasteiger partial charge is 0.387 e. The van der Waals surface area contributed by atoms with Gasteiger partial charge in [0.2, 0.25) is 11.8 Å². The number of nitrogens with two attached hydrogens (primary N) is 1. The van der Waals surface area contributed by atoms with Crippen LogP contribution < -0.4 is 11.1 Å². The molecule has 0 aromatic carbocycles. The minimum atomic E-state index is -0.471. The van der Waals surface area contributed by atoms with Crippen molar-refractivity contribution in [2.24, 2.45) is 5.73 Å². The smallest absolute Gasteiger partial charge is 0.245 e. The predicted molar refractivity (Wildman–Crippen MR) is 47.8 cm³/mol. The monoisotopic (exact) mass is 188 g/mol. The average Bonchev–Trinajstić information content (AvgIpc) is 2.10. The molecule has 0 aliphatic carbocycles. The number of nitrogens with one attached hydrogen (secondary N) is 1. The Hall–Kier alpha value is -1.10. The Morgan fingerprint density at radius 2 is 1.92 bits per heavy atom. The Bertz CT molecular complexity index is 171. The summed E-state index contributed by atoms with van der Waals surface area (Å²) in [6, 6.07) is 0. The summed E-state index contributed by atoms with van der Waals surface area (Å²) >= 11 is 0. The van der Waals surface area contributed by atoms with Crippen molar-refractivity contribution in [3.05, 3.63) is 0 Å². The van der Waals surface area contributed by atoms with Crippen molar-refractivity contribution >= 4 is 11.8 Å². The molecule has 13 heavy (non-hydrogen) atoms. The molecule has 0 fully saturated rings. The molecule has 0 aliphatic rings. The van der Waals surface area contributed by atoms with E-state index in [4.69, 9.17) is 10.8 Å². The lowest BCUT2D eigenvalue weighted by atomic mass is 10.2. The first-order valence-corrected chi connectivity index (χ1v) is 4.32. The van der Waals surface area contributed by atoms with Crippen molar-refractivity contribution in [1.82, 2.24) is 5.32 Å². The number of unbranched alkanes of at least 4 members (excludes halogenated alkanes) is 2. The van der Waals surface area contributed by atoms with Crippen LogP contribution in [0, 0.1) is 0 Å². The van der Waals surface area contributed by atoms with Crippen LogP contribution in [0.1, 0.15) is 25.7 Å². The van der Waals surface area contributed by atoms with Gasteiger partial charge in [-0.1, -0.05) is 6.42 Å². The van der Waals surface area contributed by atoms with Gasteiger partial charge in [0, 0.05) is 13.0 Å². The summed E-state index contributed by atoms with van der Waals surface area (Å²) in [5.74, 6) is -0.658. The van der Waals surface area contributed by atoms with Gasteiger partial charge >= 0.3 is 0 Å². The topological polar surface area (TPSA) is 92.4 Å². The number of aliphatic hydroxyl groups is 1. The second-order valence-corrected chi connectivity index (χ2v) is 2.79. The summed E-state index contributed by atoms with van der Waals surface area (Å²) in [6.07, 6.45) is 2.81. The van der Waals surface area contributed by atoms with Crippen LogP contribution >= 0.6 is 0 Å². The Morgan fingerprint density at radius 3 is 2.46 bits per heavy atom. The zero-order valence-corrected chi connectivity index (χ0v) is 7.58. The molecule has 76 valence electrons. The van der Waals surface area contributed by atoms with Crippen molar-refractivity contribution in [1.29, 1.82) is 0 Å². The molecule has 4 N–H and O–H groups in total. The van der Waals surface area contributed by atoms with Gasteiger partial charge in [-0.3, -0.25) is 9.59 Å². The number of hydrogen-bond donors (Lipinski definition) is 3. The van der Waals surface area contributed by atoms with Gasteiger partial charge in [0.15, 0.2) is 0 Å². The zero-order valence-electron chi connectivity index (χ0n) is 7.58. The average molecular weight is 188 g/mol. The lowest BCUT2D eigenvalue weighted by molar-refractivity contribution is -0.123. The lowest BCUT2D eigenvalue weighted by Crippen LogP contribution is -2.27. The first-order valence-electron chi connectivity index (χ1n) is 4.32. The molecule has 0 bridgehead atoms. The summed E-state index contributed by atoms with van der Waals surface area (Å²) < 4.78 is 0. The fourth-order valence-electron chi connectivity index (χ4n) is 0.885. The molecular weight excluding hydrogens is 172 g/mol. The molecule has 0 saturated heterocycles. The molecule has 0 spiro atoms. The van der Waals surface area contributed by atoms with Crippen LogP contribution in [0.5, 0.6) is 0 Å². The number of aliphatic hydroxyl groups excluding tert-OH is 1. The van der Waals surface area contributed by atoms with E-state index in [9.17, 15) is 9.59 Å². The molecule has 0 rings (SSSR count). The minimum Gasteiger partial charge on any atom is -0.387 e. The Kier molecular flexibility index (Phi) is 6.91. The van der Waals surface area contributed by atoms with Crippen LogP contribution in [-0.4, -0.2) is 30.1 Å². The maximum Gasteiger partial charge on any atom is 0.245 e. The summed E-state index contributed by atoms with van der Waals surface area (Å²) in [7, 11) is 0. The maximum atomic E-state index is 10.5. The first-order chi connectivity index (χ1) is 6.16. The van der Waals surface area contributed by atoms with Crippen LogP contribution in [0.4, 0.5) is 0 Å². The van der Waals surface area contributed by atoms with Crippen molar-refractivity contribution in [2.75, 3.05) is 13.2 Å². The van der Waals surface area contributed by atoms with E-state index in [2.05, 4.69) is 5.32 Å². The molecular formula is C8H16N2O3. The fourth-order valence-corrected chi connectivity index (χ4v) is 0.885. The van der Waals surface area contributed by atoms with E-state index in [1.165, 1.54) is 0 Å². The standard InChI is InChI=1S/C8H16N2O3/c9-7(12)4-2-1-3-5-10-8(13)6-11/h11H,1-6H2,(H2,9,12)(H,10,13). The third-order valence-electron chi connectivity index (χ3n) is 1.57. The highest BCUT2D eigenvalue weighted by atomic mass is 16.3. The number of carbonyl (C=O) groups excluding carboxylic acids is 2. The maximum absolute atomic E-state index is 10.5. The fraction of sp³-hybridized carbons (Fsp3) is 0.750. The quantitative estimate of drug-likeness (QED) is 0.454. The second-order valence-electron chi connectivity index (χ2n) is 2.79. The molecule has 2 amide bonds. The molecule has 0 unspecified atom stereocenters. The van der Waals surface area contributed by atoms with E-state index >= 15 is 0 Å². The molecule has 0 saturated carbocycles. The van der Waals surface area contributed by atoms with Crippen LogP contribution in [0.2, 0.25) is 0 Å². The zero-order chi connectivity index (χ0) is 10.1. The van der Waals surface area contributed by atoms with Gasteiger partial charge in [0.05, 0.1) is 0 Å². The summed E-state index contributed by atoms with van der Waals surface area (Å²) in [5.41, 5.74) is 4.94. The van der Waals surface area contributed by atoms with Gasteiger partial charge in [-0.05, 0) is 12.8 Å². The van der Waals surface area contributed by atoms with E-state index < -0.39 is 6.61 Å². The predicted octanol–water partition coefficient (Wildman–Crippen LogP) is -0.859. The van der Waals surface area contributed by atoms with E-state index in [0.717, 1.165) is 19.3 Å². The SMILES string of the molecule is NC(=O)CCCCCNC(=O)CO. The normalized spacial score (nSPS) is 9.62. The summed E-state index contributed by atoms with van der Waals surface area (Å²) in [5, 5.41) is 10.9. The number of carbonyl (C=O) groups is 2. The van der Waals surface area contributed by atoms with E-state index in [0.29, 0.717) is 13.0 Å². The molecule has 0 aliphatic heterocycles. The van der Waals surface area contributed by atoms with Gasteiger partial charge < -0.3 is 16.2 Å². The molecule has 0 heterocycles. The van der Waals surface area contributed by atoms with Gasteiger partial charge in [-0.25, -0.2) is 0 Å². The van der Waals surface area contributed by atoms with Gasteiger partial charge in [-0.2, -0.15) is 0 Å². The molecule has 0 aromatic rings. The molecule has 5 nitrogen and oxygen atoms in total. The minimum absolute atomic E-state index is 0.292. The number of rotatable bonds is 7. The second kappa shape index (κ2) is 7.54. The van der Waals surface area contributed by atoms with Crippen molar-refractivity contribution in [3.63, 3.8) is 0 Å². The molecule has 0 atom stereocenters. The third kappa shape index (κ3) is 8.81. The number of amides is 2. The highest BCUT2D eigenvalue weighted by Crippen LogP contribution is 1.97. The Morgan fingerprint density at radius 1 is 1.23 bits per heavy atom. The summed E-state index contributed by atoms with van der Waals surface area (Å²) in [4.78, 5) is 20.8. The third-order valence-corrected chi connectivity index (χ3v) is 1.57. The molecule has 5 heteroatoms.